The first-order valence-electron chi connectivity index (χ1n) is 6.26. The van der Waals surface area contributed by atoms with Crippen molar-refractivity contribution in [3.05, 3.63) is 51.0 Å². The number of nitrogens with one attached hydrogen (secondary N) is 1. The van der Waals surface area contributed by atoms with Crippen LogP contribution in [0, 0.1) is 17.5 Å². The van der Waals surface area contributed by atoms with Crippen molar-refractivity contribution < 1.29 is 9.13 Å². The van der Waals surface area contributed by atoms with Gasteiger partial charge in [-0.3, -0.25) is 4.57 Å². The van der Waals surface area contributed by atoms with Gasteiger partial charge in [0.25, 0.3) is 0 Å². The lowest BCUT2D eigenvalue weighted by atomic mass is 10.2. The molecule has 0 fully saturated rings. The van der Waals surface area contributed by atoms with Gasteiger partial charge in [-0.2, -0.15) is 0 Å². The summed E-state index contributed by atoms with van der Waals surface area (Å²) in [5.41, 5.74) is 3.41. The number of benzene rings is 2. The van der Waals surface area contributed by atoms with E-state index in [0.29, 0.717) is 10.3 Å². The minimum atomic E-state index is -0.417. The Labute approximate surface area is 134 Å². The van der Waals surface area contributed by atoms with Gasteiger partial charge < -0.3 is 9.72 Å². The van der Waals surface area contributed by atoms with Crippen molar-refractivity contribution in [2.24, 2.45) is 0 Å². The number of rotatable bonds is 2. The minimum absolute atomic E-state index is 0.192. The maximum absolute atomic E-state index is 13.8. The van der Waals surface area contributed by atoms with Crippen molar-refractivity contribution in [2.45, 2.75) is 6.92 Å². The molecule has 0 atom stereocenters. The van der Waals surface area contributed by atoms with E-state index in [1.165, 1.54) is 13.2 Å². The third kappa shape index (κ3) is 2.28. The van der Waals surface area contributed by atoms with E-state index in [1.807, 2.05) is 29.7 Å². The molecular weight excluding hydrogens is 355 g/mol. The summed E-state index contributed by atoms with van der Waals surface area (Å²) in [6.45, 7) is 2.00. The van der Waals surface area contributed by atoms with Crippen LogP contribution in [0.1, 0.15) is 5.56 Å². The number of nitrogens with zero attached hydrogens (tertiary/aromatic N) is 1. The van der Waals surface area contributed by atoms with E-state index in [4.69, 9.17) is 17.0 Å². The van der Waals surface area contributed by atoms with Gasteiger partial charge in [-0.1, -0.05) is 22.0 Å². The molecule has 0 aliphatic carbocycles. The molecule has 0 spiro atoms. The fraction of sp³-hybridized carbons (Fsp3) is 0.133. The molecule has 3 aromatic rings. The van der Waals surface area contributed by atoms with E-state index in [-0.39, 0.29) is 5.75 Å². The molecule has 1 aromatic heterocycles. The Kier molecular flexibility index (Phi) is 3.59. The van der Waals surface area contributed by atoms with Crippen LogP contribution in [0.15, 0.2) is 34.8 Å². The highest BCUT2D eigenvalue weighted by Gasteiger charge is 2.13. The van der Waals surface area contributed by atoms with Crippen molar-refractivity contribution in [3.63, 3.8) is 0 Å². The molecule has 1 heterocycles. The van der Waals surface area contributed by atoms with Crippen LogP contribution in [0.3, 0.4) is 0 Å². The monoisotopic (exact) mass is 366 g/mol. The first-order valence-corrected chi connectivity index (χ1v) is 7.47. The average molecular weight is 367 g/mol. The SMILES string of the molecule is COc1cc2c(cc1F)[nH]c(=S)n2-c1cccc(Br)c1C. The van der Waals surface area contributed by atoms with Crippen molar-refractivity contribution >= 4 is 39.2 Å². The van der Waals surface area contributed by atoms with Gasteiger partial charge >= 0.3 is 0 Å². The standard InChI is InChI=1S/C15H12BrFN2OS/c1-8-9(16)4-3-5-12(8)19-13-7-14(20-2)10(17)6-11(13)18-15(19)21/h3-7H,1-2H3,(H,18,21). The minimum Gasteiger partial charge on any atom is -0.494 e. The van der Waals surface area contributed by atoms with Crippen LogP contribution in [-0.4, -0.2) is 16.7 Å². The highest BCUT2D eigenvalue weighted by Crippen LogP contribution is 2.29. The zero-order chi connectivity index (χ0) is 15.1. The number of methoxy groups -OCH3 is 1. The lowest BCUT2D eigenvalue weighted by molar-refractivity contribution is 0.387. The highest BCUT2D eigenvalue weighted by molar-refractivity contribution is 9.10. The fourth-order valence-corrected chi connectivity index (χ4v) is 3.00. The molecule has 0 aliphatic heterocycles. The van der Waals surface area contributed by atoms with E-state index in [9.17, 15) is 4.39 Å². The molecule has 0 radical (unpaired) electrons. The second-order valence-electron chi connectivity index (χ2n) is 4.65. The molecule has 3 rings (SSSR count). The summed E-state index contributed by atoms with van der Waals surface area (Å²) in [4.78, 5) is 3.03. The van der Waals surface area contributed by atoms with Crippen LogP contribution < -0.4 is 4.74 Å². The van der Waals surface area contributed by atoms with E-state index in [2.05, 4.69) is 20.9 Å². The van der Waals surface area contributed by atoms with Gasteiger partial charge in [0.05, 0.1) is 23.8 Å². The van der Waals surface area contributed by atoms with E-state index in [1.54, 1.807) is 6.07 Å². The van der Waals surface area contributed by atoms with Crippen molar-refractivity contribution in [2.75, 3.05) is 7.11 Å². The number of fused-ring (bicyclic) bond motifs is 1. The molecule has 0 amide bonds. The third-order valence-electron chi connectivity index (χ3n) is 3.44. The van der Waals surface area contributed by atoms with Crippen LogP contribution >= 0.6 is 28.1 Å². The number of H-pyrrole nitrogens is 1. The molecule has 0 saturated heterocycles. The molecule has 3 nitrogen and oxygen atoms in total. The van der Waals surface area contributed by atoms with E-state index >= 15 is 0 Å². The number of hydrogen-bond donors (Lipinski definition) is 1. The number of hydrogen-bond acceptors (Lipinski definition) is 2. The summed E-state index contributed by atoms with van der Waals surface area (Å²) in [5.74, 6) is -0.225. The molecular formula is C15H12BrFN2OS. The number of halogens is 2. The first kappa shape index (κ1) is 14.3. The van der Waals surface area contributed by atoms with Crippen molar-refractivity contribution in [3.8, 4) is 11.4 Å². The summed E-state index contributed by atoms with van der Waals surface area (Å²) in [6, 6.07) is 8.93. The molecule has 0 unspecified atom stereocenters. The first-order chi connectivity index (χ1) is 10.0. The molecule has 0 saturated carbocycles. The molecule has 0 bridgehead atoms. The van der Waals surface area contributed by atoms with Crippen molar-refractivity contribution in [1.82, 2.24) is 9.55 Å². The molecule has 0 aliphatic rings. The predicted octanol–water partition coefficient (Wildman–Crippen LogP) is 4.91. The smallest absolute Gasteiger partial charge is 0.182 e. The number of imidazole rings is 1. The molecule has 6 heteroatoms. The van der Waals surface area contributed by atoms with Crippen LogP contribution in [-0.2, 0) is 0 Å². The number of aromatic nitrogens is 2. The molecule has 1 N–H and O–H groups in total. The second kappa shape index (κ2) is 5.27. The summed E-state index contributed by atoms with van der Waals surface area (Å²) in [7, 11) is 1.44. The Morgan fingerprint density at radius 2 is 2.10 bits per heavy atom. The Hall–Kier alpha value is -1.66. The third-order valence-corrected chi connectivity index (χ3v) is 4.58. The average Bonchev–Trinajstić information content (AvgIpc) is 2.76. The maximum atomic E-state index is 13.8. The topological polar surface area (TPSA) is 29.9 Å². The molecule has 21 heavy (non-hydrogen) atoms. The lowest BCUT2D eigenvalue weighted by Gasteiger charge is -2.10. The van der Waals surface area contributed by atoms with Gasteiger partial charge in [-0.25, -0.2) is 4.39 Å². The van der Waals surface area contributed by atoms with Gasteiger partial charge in [0.2, 0.25) is 0 Å². The predicted molar refractivity (Wildman–Crippen MR) is 87.4 cm³/mol. The van der Waals surface area contributed by atoms with Gasteiger partial charge in [-0.05, 0) is 36.8 Å². The van der Waals surface area contributed by atoms with Crippen LogP contribution in [0.4, 0.5) is 4.39 Å². The summed E-state index contributed by atoms with van der Waals surface area (Å²) in [6.07, 6.45) is 0. The van der Waals surface area contributed by atoms with Crippen LogP contribution in [0.25, 0.3) is 16.7 Å². The Morgan fingerprint density at radius 3 is 2.81 bits per heavy atom. The highest BCUT2D eigenvalue weighted by atomic mass is 79.9. The normalized spacial score (nSPS) is 11.0. The molecule has 108 valence electrons. The van der Waals surface area contributed by atoms with Gasteiger partial charge in [-0.15, -0.1) is 0 Å². The summed E-state index contributed by atoms with van der Waals surface area (Å²) >= 11 is 8.91. The van der Waals surface area contributed by atoms with E-state index in [0.717, 1.165) is 21.2 Å². The van der Waals surface area contributed by atoms with Crippen molar-refractivity contribution in [1.29, 1.82) is 0 Å². The number of aromatic amines is 1. The zero-order valence-corrected chi connectivity index (χ0v) is 13.8. The van der Waals surface area contributed by atoms with Gasteiger partial charge in [0, 0.05) is 16.6 Å². The maximum Gasteiger partial charge on any atom is 0.182 e. The van der Waals surface area contributed by atoms with E-state index < -0.39 is 5.82 Å². The quantitative estimate of drug-likeness (QED) is 0.653. The lowest BCUT2D eigenvalue weighted by Crippen LogP contribution is -1.98. The van der Waals surface area contributed by atoms with Gasteiger partial charge in [0.15, 0.2) is 16.3 Å². The number of ether oxygens (including phenoxy) is 1. The Morgan fingerprint density at radius 1 is 1.33 bits per heavy atom. The summed E-state index contributed by atoms with van der Waals surface area (Å²) in [5, 5.41) is 0. The fourth-order valence-electron chi connectivity index (χ4n) is 2.34. The zero-order valence-electron chi connectivity index (χ0n) is 11.4. The van der Waals surface area contributed by atoms with Crippen LogP contribution in [0.5, 0.6) is 5.75 Å². The Bertz CT molecular complexity index is 901. The molecule has 2 aromatic carbocycles. The largest absolute Gasteiger partial charge is 0.494 e. The van der Waals surface area contributed by atoms with Crippen LogP contribution in [0.2, 0.25) is 0 Å². The summed E-state index contributed by atoms with van der Waals surface area (Å²) < 4.78 is 22.3. The second-order valence-corrected chi connectivity index (χ2v) is 5.89. The Balaban J connectivity index is 2.39. The van der Waals surface area contributed by atoms with Gasteiger partial charge in [0.1, 0.15) is 0 Å².